The number of hydrogen-bond donors (Lipinski definition) is 2. The Morgan fingerprint density at radius 2 is 2.08 bits per heavy atom. The number of carboxylic acids is 1. The lowest BCUT2D eigenvalue weighted by molar-refractivity contribution is -0.136. The highest BCUT2D eigenvalue weighted by molar-refractivity contribution is 7.91. The molecule has 0 aliphatic heterocycles. The first-order valence-electron chi connectivity index (χ1n) is 7.53. The van der Waals surface area contributed by atoms with Gasteiger partial charge in [0, 0.05) is 12.0 Å². The molecule has 0 aliphatic carbocycles. The molecule has 0 aliphatic rings. The molecule has 1 aromatic rings. The highest BCUT2D eigenvalue weighted by atomic mass is 32.2. The molecule has 0 saturated heterocycles. The van der Waals surface area contributed by atoms with Gasteiger partial charge in [-0.25, -0.2) is 0 Å². The molecule has 7 heteroatoms. The number of rotatable bonds is 11. The van der Waals surface area contributed by atoms with Crippen molar-refractivity contribution in [1.29, 1.82) is 0 Å². The Morgan fingerprint density at radius 3 is 2.67 bits per heavy atom. The third-order valence-electron chi connectivity index (χ3n) is 3.29. The highest BCUT2D eigenvalue weighted by Crippen LogP contribution is 2.32. The van der Waals surface area contributed by atoms with Gasteiger partial charge in [-0.15, -0.1) is 6.58 Å². The van der Waals surface area contributed by atoms with Gasteiger partial charge in [-0.1, -0.05) is 17.3 Å². The van der Waals surface area contributed by atoms with E-state index < -0.39 is 17.1 Å². The van der Waals surface area contributed by atoms with E-state index in [1.54, 1.807) is 12.1 Å². The van der Waals surface area contributed by atoms with E-state index >= 15 is 0 Å². The molecule has 0 saturated carbocycles. The van der Waals surface area contributed by atoms with Crippen molar-refractivity contribution in [3.05, 3.63) is 35.9 Å². The van der Waals surface area contributed by atoms with Crippen LogP contribution in [-0.4, -0.2) is 44.6 Å². The van der Waals surface area contributed by atoms with E-state index in [2.05, 4.69) is 6.58 Å². The maximum absolute atomic E-state index is 11.6. The van der Waals surface area contributed by atoms with Crippen LogP contribution in [0.25, 0.3) is 0 Å². The number of ether oxygens (including phenoxy) is 1. The Kier molecular flexibility index (Phi) is 8.35. The molecule has 1 atom stereocenters. The topological polar surface area (TPSA) is 107 Å². The molecule has 2 N–H and O–H groups in total. The maximum atomic E-state index is 11.6. The third-order valence-corrected chi connectivity index (χ3v) is 4.69. The first-order valence-corrected chi connectivity index (χ1v) is 9.01. The van der Waals surface area contributed by atoms with Crippen LogP contribution in [0.4, 0.5) is 0 Å². The van der Waals surface area contributed by atoms with Crippen molar-refractivity contribution in [2.75, 3.05) is 18.1 Å². The van der Waals surface area contributed by atoms with E-state index in [-0.39, 0.29) is 35.9 Å². The molecule has 1 rings (SSSR count). The lowest BCUT2D eigenvalue weighted by atomic mass is 10.0. The average Bonchev–Trinajstić information content (AvgIpc) is 2.52. The Bertz CT molecular complexity index is 599. The fraction of sp³-hybridized carbons (Fsp3) is 0.412. The molecule has 1 aromatic carbocycles. The number of aromatic hydroxyl groups is 1. The van der Waals surface area contributed by atoms with E-state index in [0.717, 1.165) is 0 Å². The van der Waals surface area contributed by atoms with Gasteiger partial charge < -0.3 is 19.5 Å². The number of phenolic OH excluding ortho intramolecular Hbond substituents is 1. The monoisotopic (exact) mass is 354 g/mol. The van der Waals surface area contributed by atoms with Gasteiger partial charge in [0.2, 0.25) is 0 Å². The van der Waals surface area contributed by atoms with Crippen LogP contribution in [0.3, 0.4) is 0 Å². The van der Waals surface area contributed by atoms with Crippen molar-refractivity contribution in [1.82, 2.24) is 0 Å². The van der Waals surface area contributed by atoms with Gasteiger partial charge >= 0.3 is 5.97 Å². The van der Waals surface area contributed by atoms with Crippen LogP contribution in [0.15, 0.2) is 24.8 Å². The summed E-state index contributed by atoms with van der Waals surface area (Å²) in [5.41, 5.74) is 0.721. The Hall–Kier alpha value is -1.99. The summed E-state index contributed by atoms with van der Waals surface area (Å²) in [5.74, 6) is -0.376. The summed E-state index contributed by atoms with van der Waals surface area (Å²) >= 11 is -1.19. The minimum absolute atomic E-state index is 0.107. The molecule has 0 aromatic heterocycles. The minimum Gasteiger partial charge on any atom is -0.616 e. The molecule has 0 fully saturated rings. The Balaban J connectivity index is 2.61. The van der Waals surface area contributed by atoms with Crippen molar-refractivity contribution in [3.8, 4) is 11.5 Å². The van der Waals surface area contributed by atoms with E-state index in [1.165, 1.54) is 13.0 Å². The van der Waals surface area contributed by atoms with Crippen molar-refractivity contribution >= 4 is 22.9 Å². The first kappa shape index (κ1) is 20.1. The quantitative estimate of drug-likeness (QED) is 0.273. The second-order valence-electron chi connectivity index (χ2n) is 5.18. The summed E-state index contributed by atoms with van der Waals surface area (Å²) in [5, 5.41) is 18.7. The van der Waals surface area contributed by atoms with E-state index in [4.69, 9.17) is 9.84 Å². The number of allylic oxidation sites excluding steroid dienone is 1. The number of carboxylic acid groups (broad SMARTS) is 1. The van der Waals surface area contributed by atoms with Crippen LogP contribution < -0.4 is 4.74 Å². The van der Waals surface area contributed by atoms with Crippen LogP contribution in [0, 0.1) is 0 Å². The molecule has 0 bridgehead atoms. The fourth-order valence-electron chi connectivity index (χ4n) is 2.08. The fourth-order valence-corrected chi connectivity index (χ4v) is 3.13. The van der Waals surface area contributed by atoms with Gasteiger partial charge in [0.1, 0.15) is 23.0 Å². The molecule has 132 valence electrons. The summed E-state index contributed by atoms with van der Waals surface area (Å²) in [6.45, 7) is 5.28. The van der Waals surface area contributed by atoms with Crippen LogP contribution in [-0.2, 0) is 22.4 Å². The minimum atomic E-state index is -1.19. The lowest BCUT2D eigenvalue weighted by Gasteiger charge is -2.14. The highest BCUT2D eigenvalue weighted by Gasteiger charge is 2.16. The predicted octanol–water partition coefficient (Wildman–Crippen LogP) is 2.32. The predicted molar refractivity (Wildman–Crippen MR) is 92.3 cm³/mol. The third kappa shape index (κ3) is 6.25. The number of Topliss-reactive ketones (excluding diaryl/α,β-unsaturated/α-hetero) is 1. The number of benzene rings is 1. The normalized spacial score (nSPS) is 11.8. The van der Waals surface area contributed by atoms with Gasteiger partial charge in [-0.3, -0.25) is 9.59 Å². The standard InChI is InChI=1S/C17H22O6S/c1-3-5-14-15(7-6-13(12(2)18)17(14)21)23-9-4-10-24(22)11-8-16(19)20/h3,6-7,21H,1,4-5,8-11H2,2H3,(H,19,20). The Labute approximate surface area is 144 Å². The average molecular weight is 354 g/mol. The molecule has 0 amide bonds. The molecule has 0 radical (unpaired) electrons. The second-order valence-corrected chi connectivity index (χ2v) is 6.88. The maximum Gasteiger partial charge on any atom is 0.308 e. The summed E-state index contributed by atoms with van der Waals surface area (Å²) < 4.78 is 17.2. The number of carbonyl (C=O) groups is 2. The van der Waals surface area contributed by atoms with Crippen LogP contribution in [0.2, 0.25) is 0 Å². The van der Waals surface area contributed by atoms with Crippen molar-refractivity contribution in [2.45, 2.75) is 26.2 Å². The van der Waals surface area contributed by atoms with Crippen LogP contribution >= 0.6 is 0 Å². The zero-order chi connectivity index (χ0) is 18.1. The van der Waals surface area contributed by atoms with Crippen LogP contribution in [0.5, 0.6) is 11.5 Å². The van der Waals surface area contributed by atoms with E-state index in [0.29, 0.717) is 29.9 Å². The lowest BCUT2D eigenvalue weighted by Crippen LogP contribution is -2.16. The molecule has 0 spiro atoms. The van der Waals surface area contributed by atoms with Gasteiger partial charge in [-0.2, -0.15) is 0 Å². The van der Waals surface area contributed by atoms with Gasteiger partial charge in [0.05, 0.1) is 18.6 Å². The van der Waals surface area contributed by atoms with Crippen molar-refractivity contribution in [2.24, 2.45) is 0 Å². The SMILES string of the molecule is C=CCc1c(OCCC[S+]([O-])CCC(=O)O)ccc(C(C)=O)c1O. The van der Waals surface area contributed by atoms with Crippen molar-refractivity contribution in [3.63, 3.8) is 0 Å². The molecule has 24 heavy (non-hydrogen) atoms. The zero-order valence-corrected chi connectivity index (χ0v) is 14.4. The largest absolute Gasteiger partial charge is 0.616 e. The van der Waals surface area contributed by atoms with Crippen LogP contribution in [0.1, 0.15) is 35.7 Å². The molecule has 6 nitrogen and oxygen atoms in total. The number of carbonyl (C=O) groups excluding carboxylic acids is 1. The van der Waals surface area contributed by atoms with Gasteiger partial charge in [0.15, 0.2) is 5.78 Å². The number of phenols is 1. The van der Waals surface area contributed by atoms with E-state index in [9.17, 15) is 19.2 Å². The molecular formula is C17H22O6S. The van der Waals surface area contributed by atoms with Gasteiger partial charge in [-0.05, 0) is 25.5 Å². The number of ketones is 1. The summed E-state index contributed by atoms with van der Waals surface area (Å²) in [6.07, 6.45) is 2.34. The summed E-state index contributed by atoms with van der Waals surface area (Å²) in [6, 6.07) is 3.13. The summed E-state index contributed by atoms with van der Waals surface area (Å²) in [4.78, 5) is 21.9. The molecule has 1 unspecified atom stereocenters. The summed E-state index contributed by atoms with van der Waals surface area (Å²) in [7, 11) is 0. The van der Waals surface area contributed by atoms with E-state index in [1.807, 2.05) is 0 Å². The zero-order valence-electron chi connectivity index (χ0n) is 13.6. The number of aliphatic carboxylic acids is 1. The van der Waals surface area contributed by atoms with Gasteiger partial charge in [0.25, 0.3) is 0 Å². The number of hydrogen-bond acceptors (Lipinski definition) is 5. The first-order chi connectivity index (χ1) is 11.4. The Morgan fingerprint density at radius 1 is 1.38 bits per heavy atom. The van der Waals surface area contributed by atoms with Crippen molar-refractivity contribution < 1.29 is 29.1 Å². The second kappa shape index (κ2) is 10.00. The smallest absolute Gasteiger partial charge is 0.308 e. The molecular weight excluding hydrogens is 332 g/mol. The molecule has 0 heterocycles.